The Labute approximate surface area is 100 Å². The lowest BCUT2D eigenvalue weighted by atomic mass is 10.1. The molecule has 0 bridgehead atoms. The Bertz CT molecular complexity index is 434. The number of nitrogen functional groups attached to an aromatic ring is 1. The molecule has 0 radical (unpaired) electrons. The van der Waals surface area contributed by atoms with E-state index in [-0.39, 0.29) is 12.5 Å². The Morgan fingerprint density at radius 1 is 1.53 bits per heavy atom. The second-order valence-electron chi connectivity index (χ2n) is 4.42. The number of anilines is 2. The number of benzene rings is 1. The molecule has 1 heterocycles. The summed E-state index contributed by atoms with van der Waals surface area (Å²) in [5, 5.41) is 9.11. The first-order valence-electron chi connectivity index (χ1n) is 5.67. The molecule has 2 rings (SSSR count). The van der Waals surface area contributed by atoms with Crippen LogP contribution in [-0.4, -0.2) is 30.7 Å². The van der Waals surface area contributed by atoms with E-state index in [1.165, 1.54) is 0 Å². The van der Waals surface area contributed by atoms with Gasteiger partial charge in [-0.25, -0.2) is 0 Å². The van der Waals surface area contributed by atoms with Gasteiger partial charge >= 0.3 is 0 Å². The van der Waals surface area contributed by atoms with Crippen molar-refractivity contribution in [2.45, 2.75) is 6.42 Å². The van der Waals surface area contributed by atoms with Crippen LogP contribution in [0.4, 0.5) is 11.4 Å². The number of primary amides is 1. The van der Waals surface area contributed by atoms with Gasteiger partial charge in [-0.2, -0.15) is 0 Å². The van der Waals surface area contributed by atoms with Crippen LogP contribution in [-0.2, 0) is 0 Å². The Kier molecular flexibility index (Phi) is 3.19. The van der Waals surface area contributed by atoms with Crippen LogP contribution in [0.5, 0.6) is 0 Å². The summed E-state index contributed by atoms with van der Waals surface area (Å²) in [4.78, 5) is 13.2. The summed E-state index contributed by atoms with van der Waals surface area (Å²) < 4.78 is 0. The Hall–Kier alpha value is -1.75. The molecule has 0 aromatic heterocycles. The van der Waals surface area contributed by atoms with Gasteiger partial charge in [0.2, 0.25) is 5.91 Å². The van der Waals surface area contributed by atoms with E-state index in [0.717, 1.165) is 25.2 Å². The minimum atomic E-state index is -0.454. The number of rotatable bonds is 3. The van der Waals surface area contributed by atoms with Gasteiger partial charge in [0.15, 0.2) is 0 Å². The van der Waals surface area contributed by atoms with Crippen molar-refractivity contribution in [3.63, 3.8) is 0 Å². The van der Waals surface area contributed by atoms with Gasteiger partial charge in [0.05, 0.1) is 11.4 Å². The number of aliphatic hydroxyl groups is 1. The molecule has 0 spiro atoms. The van der Waals surface area contributed by atoms with Crippen molar-refractivity contribution in [2.75, 3.05) is 30.3 Å². The molecule has 1 aliphatic heterocycles. The molecule has 1 fully saturated rings. The second-order valence-corrected chi connectivity index (χ2v) is 4.42. The van der Waals surface area contributed by atoms with Crippen molar-refractivity contribution in [1.29, 1.82) is 0 Å². The van der Waals surface area contributed by atoms with E-state index in [0.29, 0.717) is 11.3 Å². The van der Waals surface area contributed by atoms with Crippen LogP contribution in [0.25, 0.3) is 0 Å². The molecule has 5 heteroatoms. The van der Waals surface area contributed by atoms with Crippen molar-refractivity contribution >= 4 is 17.3 Å². The first kappa shape index (κ1) is 11.7. The van der Waals surface area contributed by atoms with E-state index in [2.05, 4.69) is 4.90 Å². The van der Waals surface area contributed by atoms with Crippen molar-refractivity contribution < 1.29 is 9.90 Å². The van der Waals surface area contributed by atoms with E-state index in [1.54, 1.807) is 18.2 Å². The third-order valence-electron chi connectivity index (χ3n) is 3.20. The van der Waals surface area contributed by atoms with Gasteiger partial charge in [-0.3, -0.25) is 4.79 Å². The molecule has 0 aliphatic carbocycles. The van der Waals surface area contributed by atoms with Gasteiger partial charge < -0.3 is 21.5 Å². The molecular weight excluding hydrogens is 218 g/mol. The molecule has 1 unspecified atom stereocenters. The fourth-order valence-electron chi connectivity index (χ4n) is 2.17. The van der Waals surface area contributed by atoms with Gasteiger partial charge in [-0.15, -0.1) is 0 Å². The van der Waals surface area contributed by atoms with Crippen molar-refractivity contribution in [3.8, 4) is 0 Å². The van der Waals surface area contributed by atoms with Crippen molar-refractivity contribution in [2.24, 2.45) is 11.7 Å². The Balaban J connectivity index is 2.25. The Morgan fingerprint density at radius 2 is 2.29 bits per heavy atom. The molecule has 5 nitrogen and oxygen atoms in total. The van der Waals surface area contributed by atoms with Crippen LogP contribution in [0.15, 0.2) is 18.2 Å². The van der Waals surface area contributed by atoms with E-state index >= 15 is 0 Å². The van der Waals surface area contributed by atoms with Crippen molar-refractivity contribution in [3.05, 3.63) is 23.8 Å². The molecule has 5 N–H and O–H groups in total. The first-order chi connectivity index (χ1) is 8.11. The van der Waals surface area contributed by atoms with Crippen molar-refractivity contribution in [1.82, 2.24) is 0 Å². The van der Waals surface area contributed by atoms with Gasteiger partial charge in [0.25, 0.3) is 0 Å². The first-order valence-corrected chi connectivity index (χ1v) is 5.67. The average Bonchev–Trinajstić information content (AvgIpc) is 2.77. The lowest BCUT2D eigenvalue weighted by molar-refractivity contribution is 0.100. The maximum absolute atomic E-state index is 11.1. The fraction of sp³-hybridized carbons (Fsp3) is 0.417. The SMILES string of the molecule is NC(=O)c1ccc(N)c(N2CCC(CO)C2)c1. The monoisotopic (exact) mass is 235 g/mol. The predicted molar refractivity (Wildman–Crippen MR) is 66.8 cm³/mol. The van der Waals surface area contributed by atoms with Crippen LogP contribution >= 0.6 is 0 Å². The van der Waals surface area contributed by atoms with Crippen LogP contribution < -0.4 is 16.4 Å². The molecule has 92 valence electrons. The highest BCUT2D eigenvalue weighted by Crippen LogP contribution is 2.29. The zero-order chi connectivity index (χ0) is 12.4. The van der Waals surface area contributed by atoms with Gasteiger partial charge in [0, 0.05) is 31.2 Å². The lowest BCUT2D eigenvalue weighted by Gasteiger charge is -2.21. The highest BCUT2D eigenvalue weighted by molar-refractivity contribution is 5.95. The molecule has 1 aromatic rings. The summed E-state index contributed by atoms with van der Waals surface area (Å²) in [7, 11) is 0. The largest absolute Gasteiger partial charge is 0.397 e. The van der Waals surface area contributed by atoms with E-state index in [1.807, 2.05) is 0 Å². The molecule has 1 atom stereocenters. The minimum Gasteiger partial charge on any atom is -0.397 e. The number of amides is 1. The standard InChI is InChI=1S/C12H17N3O2/c13-10-2-1-9(12(14)17)5-11(10)15-4-3-8(6-15)7-16/h1-2,5,8,16H,3-4,6-7,13H2,(H2,14,17). The van der Waals surface area contributed by atoms with E-state index in [4.69, 9.17) is 16.6 Å². The highest BCUT2D eigenvalue weighted by Gasteiger charge is 2.23. The highest BCUT2D eigenvalue weighted by atomic mass is 16.3. The number of carbonyl (C=O) groups is 1. The molecular formula is C12H17N3O2. The molecule has 1 aromatic carbocycles. The zero-order valence-corrected chi connectivity index (χ0v) is 9.60. The normalized spacial score (nSPS) is 19.6. The zero-order valence-electron chi connectivity index (χ0n) is 9.60. The number of hydrogen-bond donors (Lipinski definition) is 3. The molecule has 17 heavy (non-hydrogen) atoms. The minimum absolute atomic E-state index is 0.186. The van der Waals surface area contributed by atoms with Gasteiger partial charge in [0.1, 0.15) is 0 Å². The van der Waals surface area contributed by atoms with E-state index in [9.17, 15) is 4.79 Å². The van der Waals surface area contributed by atoms with Gasteiger partial charge in [-0.05, 0) is 24.6 Å². The van der Waals surface area contributed by atoms with E-state index < -0.39 is 5.91 Å². The van der Waals surface area contributed by atoms with Gasteiger partial charge in [-0.1, -0.05) is 0 Å². The maximum atomic E-state index is 11.1. The number of nitrogens with two attached hydrogens (primary N) is 2. The summed E-state index contributed by atoms with van der Waals surface area (Å²) in [6.07, 6.45) is 0.941. The second kappa shape index (κ2) is 4.63. The summed E-state index contributed by atoms with van der Waals surface area (Å²) in [6.45, 7) is 1.80. The summed E-state index contributed by atoms with van der Waals surface area (Å²) in [5.74, 6) is -0.171. The summed E-state index contributed by atoms with van der Waals surface area (Å²) >= 11 is 0. The lowest BCUT2D eigenvalue weighted by Crippen LogP contribution is -2.22. The molecule has 1 amide bonds. The predicted octanol–water partition coefficient (Wildman–Crippen LogP) is 0.186. The molecule has 0 saturated carbocycles. The number of carbonyl (C=O) groups excluding carboxylic acids is 1. The Morgan fingerprint density at radius 3 is 2.88 bits per heavy atom. The maximum Gasteiger partial charge on any atom is 0.248 e. The van der Waals surface area contributed by atoms with Crippen LogP contribution in [0.3, 0.4) is 0 Å². The number of hydrogen-bond acceptors (Lipinski definition) is 4. The fourth-order valence-corrected chi connectivity index (χ4v) is 2.17. The number of nitrogens with zero attached hydrogens (tertiary/aromatic N) is 1. The van der Waals surface area contributed by atoms with Crippen LogP contribution in [0, 0.1) is 5.92 Å². The molecule has 1 saturated heterocycles. The smallest absolute Gasteiger partial charge is 0.248 e. The van der Waals surface area contributed by atoms with Crippen LogP contribution in [0.2, 0.25) is 0 Å². The third-order valence-corrected chi connectivity index (χ3v) is 3.20. The van der Waals surface area contributed by atoms with Crippen LogP contribution in [0.1, 0.15) is 16.8 Å². The average molecular weight is 235 g/mol. The third kappa shape index (κ3) is 2.34. The number of aliphatic hydroxyl groups excluding tert-OH is 1. The molecule has 1 aliphatic rings. The summed E-state index contributed by atoms with van der Waals surface area (Å²) in [5.41, 5.74) is 13.1. The topological polar surface area (TPSA) is 92.6 Å². The summed E-state index contributed by atoms with van der Waals surface area (Å²) in [6, 6.07) is 5.04. The quantitative estimate of drug-likeness (QED) is 0.652.